The molecule has 1 aliphatic heterocycles. The van der Waals surface area contributed by atoms with Crippen molar-refractivity contribution in [1.82, 2.24) is 19.5 Å². The Morgan fingerprint density at radius 1 is 1.16 bits per heavy atom. The van der Waals surface area contributed by atoms with Gasteiger partial charge in [0.1, 0.15) is 30.9 Å². The standard InChI is InChI=1S/C19H19F3N4O5/c1-9-14(27)15(28)18(31-9)26-8-25-13-16(26)23-7-24-17(13)30-6-10-3-4-12(29-2)11(5-10)19(20,21)22/h3-5,7-9,14-15,18,27-28H,6H2,1-2H3/t9-,14-,15-,18-/m1/s1. The van der Waals surface area contributed by atoms with E-state index in [4.69, 9.17) is 14.2 Å². The number of aliphatic hydroxyl groups excluding tert-OH is 2. The predicted molar refractivity (Wildman–Crippen MR) is 99.2 cm³/mol. The fourth-order valence-electron chi connectivity index (χ4n) is 3.40. The molecule has 0 amide bonds. The first kappa shape index (κ1) is 21.3. The highest BCUT2D eigenvalue weighted by Gasteiger charge is 2.42. The van der Waals surface area contributed by atoms with Crippen LogP contribution < -0.4 is 9.47 Å². The van der Waals surface area contributed by atoms with Crippen molar-refractivity contribution in [3.63, 3.8) is 0 Å². The topological polar surface area (TPSA) is 112 Å². The second kappa shape index (κ2) is 7.94. The van der Waals surface area contributed by atoms with Gasteiger partial charge in [-0.1, -0.05) is 6.07 Å². The largest absolute Gasteiger partial charge is 0.496 e. The average molecular weight is 440 g/mol. The normalized spacial score (nSPS) is 24.0. The summed E-state index contributed by atoms with van der Waals surface area (Å²) >= 11 is 0. The zero-order valence-corrected chi connectivity index (χ0v) is 16.4. The molecule has 1 aliphatic rings. The summed E-state index contributed by atoms with van der Waals surface area (Å²) in [6.45, 7) is 1.42. The van der Waals surface area contributed by atoms with Gasteiger partial charge in [0, 0.05) is 0 Å². The van der Waals surface area contributed by atoms with Gasteiger partial charge in [-0.15, -0.1) is 0 Å². The van der Waals surface area contributed by atoms with Gasteiger partial charge in [-0.25, -0.2) is 9.97 Å². The number of nitrogens with zero attached hydrogens (tertiary/aromatic N) is 4. The first-order chi connectivity index (χ1) is 14.7. The second-order valence-corrected chi connectivity index (χ2v) is 7.04. The van der Waals surface area contributed by atoms with Gasteiger partial charge in [-0.2, -0.15) is 18.2 Å². The number of imidazole rings is 1. The molecule has 3 aromatic rings. The Morgan fingerprint density at radius 2 is 1.94 bits per heavy atom. The van der Waals surface area contributed by atoms with E-state index in [2.05, 4.69) is 15.0 Å². The SMILES string of the molecule is COc1ccc(COc2ncnc3c2ncn3[C@@H]2O[C@H](C)[C@@H](O)[C@H]2O)cc1C(F)(F)F. The first-order valence-corrected chi connectivity index (χ1v) is 9.26. The van der Waals surface area contributed by atoms with Crippen LogP contribution in [0.4, 0.5) is 13.2 Å². The third kappa shape index (κ3) is 3.89. The zero-order valence-electron chi connectivity index (χ0n) is 16.4. The van der Waals surface area contributed by atoms with Gasteiger partial charge < -0.3 is 24.4 Å². The molecule has 9 nitrogen and oxygen atoms in total. The highest BCUT2D eigenvalue weighted by atomic mass is 19.4. The minimum Gasteiger partial charge on any atom is -0.496 e. The van der Waals surface area contributed by atoms with E-state index < -0.39 is 36.3 Å². The molecule has 12 heteroatoms. The molecule has 0 saturated carbocycles. The Kier molecular flexibility index (Phi) is 5.45. The van der Waals surface area contributed by atoms with Crippen LogP contribution in [0.3, 0.4) is 0 Å². The summed E-state index contributed by atoms with van der Waals surface area (Å²) in [5, 5.41) is 20.1. The number of halogens is 3. The molecule has 0 spiro atoms. The summed E-state index contributed by atoms with van der Waals surface area (Å²) < 4.78 is 57.1. The van der Waals surface area contributed by atoms with Gasteiger partial charge in [0.15, 0.2) is 17.4 Å². The summed E-state index contributed by atoms with van der Waals surface area (Å²) in [4.78, 5) is 12.3. The Bertz CT molecular complexity index is 1090. The van der Waals surface area contributed by atoms with Crippen LogP contribution in [0.1, 0.15) is 24.3 Å². The van der Waals surface area contributed by atoms with Crippen molar-refractivity contribution in [2.24, 2.45) is 0 Å². The molecule has 0 radical (unpaired) electrons. The van der Waals surface area contributed by atoms with E-state index in [1.165, 1.54) is 36.5 Å². The Labute approximate surface area is 174 Å². The van der Waals surface area contributed by atoms with Crippen molar-refractivity contribution in [3.05, 3.63) is 42.0 Å². The Balaban J connectivity index is 1.59. The maximum atomic E-state index is 13.2. The summed E-state index contributed by atoms with van der Waals surface area (Å²) in [5.41, 5.74) is -0.142. The molecule has 1 fully saturated rings. The minimum atomic E-state index is -4.58. The summed E-state index contributed by atoms with van der Waals surface area (Å²) in [6.07, 6.45) is -5.77. The maximum absolute atomic E-state index is 13.2. The van der Waals surface area contributed by atoms with Gasteiger partial charge >= 0.3 is 6.18 Å². The predicted octanol–water partition coefficient (Wildman–Crippen LogP) is 2.07. The molecule has 0 bridgehead atoms. The first-order valence-electron chi connectivity index (χ1n) is 9.26. The highest BCUT2D eigenvalue weighted by molar-refractivity contribution is 5.76. The lowest BCUT2D eigenvalue weighted by molar-refractivity contribution is -0.138. The van der Waals surface area contributed by atoms with Crippen molar-refractivity contribution < 1.29 is 37.6 Å². The van der Waals surface area contributed by atoms with Crippen molar-refractivity contribution in [2.45, 2.75) is 44.2 Å². The molecule has 4 rings (SSSR count). The van der Waals surface area contributed by atoms with Gasteiger partial charge in [-0.05, 0) is 24.6 Å². The van der Waals surface area contributed by atoms with Crippen molar-refractivity contribution in [2.75, 3.05) is 7.11 Å². The van der Waals surface area contributed by atoms with E-state index in [-0.39, 0.29) is 35.0 Å². The van der Waals surface area contributed by atoms with Crippen LogP contribution in [0.25, 0.3) is 11.2 Å². The number of benzene rings is 1. The lowest BCUT2D eigenvalue weighted by Gasteiger charge is -2.16. The Hall–Kier alpha value is -2.96. The van der Waals surface area contributed by atoms with Crippen LogP contribution in [-0.2, 0) is 17.5 Å². The number of fused-ring (bicyclic) bond motifs is 1. The van der Waals surface area contributed by atoms with E-state index in [0.29, 0.717) is 0 Å². The van der Waals surface area contributed by atoms with Crippen molar-refractivity contribution >= 4 is 11.2 Å². The quantitative estimate of drug-likeness (QED) is 0.620. The average Bonchev–Trinajstić information content (AvgIpc) is 3.28. The summed E-state index contributed by atoms with van der Waals surface area (Å²) in [7, 11) is 1.17. The number of methoxy groups -OCH3 is 1. The fraction of sp³-hybridized carbons (Fsp3) is 0.421. The van der Waals surface area contributed by atoms with Gasteiger partial charge in [0.2, 0.25) is 5.88 Å². The van der Waals surface area contributed by atoms with Gasteiger partial charge in [-0.3, -0.25) is 4.57 Å². The van der Waals surface area contributed by atoms with E-state index in [0.717, 1.165) is 6.07 Å². The molecule has 2 N–H and O–H groups in total. The molecule has 3 heterocycles. The molecule has 166 valence electrons. The summed E-state index contributed by atoms with van der Waals surface area (Å²) in [6, 6.07) is 3.62. The number of aliphatic hydroxyl groups is 2. The number of alkyl halides is 3. The third-order valence-corrected chi connectivity index (χ3v) is 5.02. The van der Waals surface area contributed by atoms with Crippen LogP contribution >= 0.6 is 0 Å². The fourth-order valence-corrected chi connectivity index (χ4v) is 3.40. The molecule has 0 unspecified atom stereocenters. The Morgan fingerprint density at radius 3 is 2.58 bits per heavy atom. The molecule has 1 saturated heterocycles. The smallest absolute Gasteiger partial charge is 0.419 e. The third-order valence-electron chi connectivity index (χ3n) is 5.02. The minimum absolute atomic E-state index is 0.0502. The van der Waals surface area contributed by atoms with E-state index >= 15 is 0 Å². The van der Waals surface area contributed by atoms with E-state index in [1.807, 2.05) is 0 Å². The van der Waals surface area contributed by atoms with Crippen molar-refractivity contribution in [3.8, 4) is 11.6 Å². The number of hydrogen-bond acceptors (Lipinski definition) is 8. The molecular weight excluding hydrogens is 421 g/mol. The molecule has 0 aliphatic carbocycles. The van der Waals surface area contributed by atoms with E-state index in [1.54, 1.807) is 6.92 Å². The van der Waals surface area contributed by atoms with E-state index in [9.17, 15) is 23.4 Å². The zero-order chi connectivity index (χ0) is 22.3. The highest BCUT2D eigenvalue weighted by Crippen LogP contribution is 2.37. The molecule has 4 atom stereocenters. The number of aromatic nitrogens is 4. The van der Waals surface area contributed by atoms with Crippen LogP contribution in [-0.4, -0.2) is 55.2 Å². The van der Waals surface area contributed by atoms with Crippen LogP contribution in [0.2, 0.25) is 0 Å². The lowest BCUT2D eigenvalue weighted by atomic mass is 10.1. The lowest BCUT2D eigenvalue weighted by Crippen LogP contribution is -2.30. The van der Waals surface area contributed by atoms with Gasteiger partial charge in [0.05, 0.1) is 25.1 Å². The monoisotopic (exact) mass is 440 g/mol. The number of rotatable bonds is 5. The number of ether oxygens (including phenoxy) is 3. The second-order valence-electron chi connectivity index (χ2n) is 7.04. The summed E-state index contributed by atoms with van der Waals surface area (Å²) in [5.74, 6) is -0.236. The maximum Gasteiger partial charge on any atom is 0.419 e. The number of hydrogen-bond donors (Lipinski definition) is 2. The molecular formula is C19H19F3N4O5. The molecule has 31 heavy (non-hydrogen) atoms. The van der Waals surface area contributed by atoms with Gasteiger partial charge in [0.25, 0.3) is 0 Å². The molecule has 1 aromatic carbocycles. The molecule has 2 aromatic heterocycles. The van der Waals surface area contributed by atoms with Crippen LogP contribution in [0.5, 0.6) is 11.6 Å². The van der Waals surface area contributed by atoms with Crippen LogP contribution in [0, 0.1) is 0 Å². The van der Waals surface area contributed by atoms with Crippen LogP contribution in [0.15, 0.2) is 30.9 Å². The van der Waals surface area contributed by atoms with Crippen molar-refractivity contribution in [1.29, 1.82) is 0 Å².